The van der Waals surface area contributed by atoms with Gasteiger partial charge in [-0.25, -0.2) is 0 Å². The Kier molecular flexibility index (Phi) is 3.46. The van der Waals surface area contributed by atoms with Gasteiger partial charge in [-0.15, -0.1) is 0 Å². The van der Waals surface area contributed by atoms with Crippen molar-refractivity contribution in [3.8, 4) is 0 Å². The lowest BCUT2D eigenvalue weighted by Crippen LogP contribution is -1.74. The molecule has 0 saturated heterocycles. The van der Waals surface area contributed by atoms with Crippen LogP contribution in [0.4, 0.5) is 9.59 Å². The molecule has 0 aromatic carbocycles. The van der Waals surface area contributed by atoms with Crippen molar-refractivity contribution < 1.29 is 9.59 Å². The summed E-state index contributed by atoms with van der Waals surface area (Å²) in [4.78, 5) is 19.5. The summed E-state index contributed by atoms with van der Waals surface area (Å²) in [5, 5.41) is 3.87. The van der Waals surface area contributed by atoms with E-state index in [1.807, 2.05) is 0 Å². The van der Waals surface area contributed by atoms with Crippen molar-refractivity contribution in [2.45, 2.75) is 0 Å². The van der Waals surface area contributed by atoms with Crippen LogP contribution >= 0.6 is 25.3 Å². The molecule has 4 nitrogen and oxygen atoms in total. The fourth-order valence-electron chi connectivity index (χ4n) is 0.0855. The van der Waals surface area contributed by atoms with Gasteiger partial charge in [-0.1, -0.05) is 35.5 Å². The Labute approximate surface area is 56.2 Å². The van der Waals surface area contributed by atoms with E-state index in [4.69, 9.17) is 0 Å². The highest BCUT2D eigenvalue weighted by Crippen LogP contribution is 1.89. The smallest absolute Gasteiger partial charge is 0.258 e. The minimum atomic E-state index is -0.813. The maximum atomic E-state index is 9.77. The van der Waals surface area contributed by atoms with Crippen molar-refractivity contribution in [1.82, 2.24) is 0 Å². The normalized spacial score (nSPS) is 9.75. The molecule has 0 atom stereocenters. The summed E-state index contributed by atoms with van der Waals surface area (Å²) in [5.74, 6) is 0. The number of thiol groups is 2. The van der Waals surface area contributed by atoms with Crippen molar-refractivity contribution in [2.75, 3.05) is 0 Å². The second-order valence-corrected chi connectivity index (χ2v) is 1.53. The third-order valence-electron chi connectivity index (χ3n) is 0.221. The first-order valence-corrected chi connectivity index (χ1v) is 2.40. The zero-order valence-electron chi connectivity index (χ0n) is 3.61. The van der Waals surface area contributed by atoms with Crippen LogP contribution in [0.15, 0.2) is 10.2 Å². The molecule has 0 aliphatic rings. The molecular formula is C2H2N2O2S2. The Morgan fingerprint density at radius 3 is 1.38 bits per heavy atom. The molecular weight excluding hydrogens is 148 g/mol. The predicted molar refractivity (Wildman–Crippen MR) is 33.6 cm³/mol. The van der Waals surface area contributed by atoms with E-state index in [1.165, 1.54) is 0 Å². The Hall–Kier alpha value is -0.360. The van der Waals surface area contributed by atoms with Crippen LogP contribution in [0.1, 0.15) is 0 Å². The molecule has 0 aromatic heterocycles. The Bertz CT molecular complexity index is 127. The summed E-state index contributed by atoms with van der Waals surface area (Å²) in [6, 6.07) is 0. The number of carbonyl (C=O) groups excluding carboxylic acids is 2. The second kappa shape index (κ2) is 3.62. The van der Waals surface area contributed by atoms with Gasteiger partial charge in [-0.2, -0.15) is 0 Å². The lowest BCUT2D eigenvalue weighted by atomic mass is 11.3. The van der Waals surface area contributed by atoms with Gasteiger partial charge in [-0.3, -0.25) is 9.59 Å². The minimum Gasteiger partial charge on any atom is -0.258 e. The fraction of sp³-hybridized carbons (Fsp3) is 0. The van der Waals surface area contributed by atoms with Gasteiger partial charge in [0.15, 0.2) is 0 Å². The Balaban J connectivity index is 3.67. The molecule has 0 rings (SSSR count). The van der Waals surface area contributed by atoms with Crippen LogP contribution in [-0.2, 0) is 0 Å². The van der Waals surface area contributed by atoms with Crippen LogP contribution < -0.4 is 0 Å². The Morgan fingerprint density at radius 2 is 1.25 bits per heavy atom. The maximum Gasteiger partial charge on any atom is 0.320 e. The summed E-state index contributed by atoms with van der Waals surface area (Å²) in [5.41, 5.74) is 0. The topological polar surface area (TPSA) is 58.9 Å². The van der Waals surface area contributed by atoms with Crippen molar-refractivity contribution in [2.24, 2.45) is 10.2 Å². The van der Waals surface area contributed by atoms with Crippen molar-refractivity contribution >= 4 is 35.7 Å². The number of hydrogen-bond acceptors (Lipinski definition) is 2. The number of rotatable bonds is 0. The van der Waals surface area contributed by atoms with Gasteiger partial charge in [-0.05, 0) is 0 Å². The largest absolute Gasteiger partial charge is 0.320 e. The molecule has 6 heteroatoms. The zero-order chi connectivity index (χ0) is 6.57. The van der Waals surface area contributed by atoms with Crippen LogP contribution in [0.5, 0.6) is 0 Å². The van der Waals surface area contributed by atoms with Crippen LogP contribution in [-0.4, -0.2) is 10.5 Å². The van der Waals surface area contributed by atoms with E-state index in [0.29, 0.717) is 0 Å². The van der Waals surface area contributed by atoms with Gasteiger partial charge in [0, 0.05) is 0 Å². The molecule has 0 spiro atoms. The first-order chi connectivity index (χ1) is 3.63. The van der Waals surface area contributed by atoms with E-state index >= 15 is 0 Å². The average molecular weight is 150 g/mol. The van der Waals surface area contributed by atoms with Gasteiger partial charge in [0.2, 0.25) is 0 Å². The molecule has 2 amide bonds. The molecule has 0 unspecified atom stereocenters. The molecule has 0 bridgehead atoms. The molecule has 0 aromatic rings. The highest BCUT2D eigenvalue weighted by Gasteiger charge is 1.87. The number of nitrogens with zero attached hydrogens (tertiary/aromatic N) is 2. The number of carbonyl (C=O) groups is 2. The highest BCUT2D eigenvalue weighted by molar-refractivity contribution is 7.97. The minimum absolute atomic E-state index is 0.813. The molecule has 0 fully saturated rings. The van der Waals surface area contributed by atoms with E-state index in [0.717, 1.165) is 0 Å². The molecule has 0 N–H and O–H groups in total. The SMILES string of the molecule is O=C(S)N=NC(=O)S. The first-order valence-electron chi connectivity index (χ1n) is 1.50. The molecule has 0 radical (unpaired) electrons. The number of azo groups is 1. The molecule has 0 saturated carbocycles. The average Bonchev–Trinajstić information content (AvgIpc) is 1.61. The summed E-state index contributed by atoms with van der Waals surface area (Å²) >= 11 is 6.37. The third-order valence-corrected chi connectivity index (χ3v) is 0.400. The van der Waals surface area contributed by atoms with Gasteiger partial charge in [0.05, 0.1) is 0 Å². The zero-order valence-corrected chi connectivity index (χ0v) is 5.39. The van der Waals surface area contributed by atoms with E-state index in [9.17, 15) is 9.59 Å². The summed E-state index contributed by atoms with van der Waals surface area (Å²) in [6.07, 6.45) is 0. The summed E-state index contributed by atoms with van der Waals surface area (Å²) in [6.45, 7) is 0. The van der Waals surface area contributed by atoms with Gasteiger partial charge >= 0.3 is 10.5 Å². The lowest BCUT2D eigenvalue weighted by Gasteiger charge is -1.72. The van der Waals surface area contributed by atoms with Gasteiger partial charge in [0.1, 0.15) is 0 Å². The molecule has 44 valence electrons. The van der Waals surface area contributed by atoms with Gasteiger partial charge in [0.25, 0.3) is 0 Å². The molecule has 8 heavy (non-hydrogen) atoms. The van der Waals surface area contributed by atoms with Crippen molar-refractivity contribution in [3.05, 3.63) is 0 Å². The Morgan fingerprint density at radius 1 is 1.00 bits per heavy atom. The van der Waals surface area contributed by atoms with Crippen LogP contribution in [0.3, 0.4) is 0 Å². The summed E-state index contributed by atoms with van der Waals surface area (Å²) < 4.78 is 0. The quantitative estimate of drug-likeness (QED) is 0.406. The maximum absolute atomic E-state index is 9.77. The van der Waals surface area contributed by atoms with E-state index in [1.54, 1.807) is 0 Å². The standard InChI is InChI=1S/C2H2N2O2S2/c5-1(7)3-4-2(6)8/h(H,5,7)(H,6,8). The van der Waals surface area contributed by atoms with E-state index < -0.39 is 10.5 Å². The molecule has 0 aliphatic carbocycles. The lowest BCUT2D eigenvalue weighted by molar-refractivity contribution is 0.261. The highest BCUT2D eigenvalue weighted by atomic mass is 32.1. The van der Waals surface area contributed by atoms with E-state index in [2.05, 4.69) is 35.5 Å². The summed E-state index contributed by atoms with van der Waals surface area (Å²) in [7, 11) is 0. The van der Waals surface area contributed by atoms with Gasteiger partial charge < -0.3 is 0 Å². The van der Waals surface area contributed by atoms with Crippen molar-refractivity contribution in [3.63, 3.8) is 0 Å². The monoisotopic (exact) mass is 150 g/mol. The van der Waals surface area contributed by atoms with E-state index in [-0.39, 0.29) is 0 Å². The number of amides is 2. The van der Waals surface area contributed by atoms with Crippen LogP contribution in [0.2, 0.25) is 0 Å². The third kappa shape index (κ3) is 5.64. The predicted octanol–water partition coefficient (Wildman–Crippen LogP) is 1.54. The number of hydrogen-bond donors (Lipinski definition) is 2. The second-order valence-electron chi connectivity index (χ2n) is 0.765. The van der Waals surface area contributed by atoms with Crippen LogP contribution in [0, 0.1) is 0 Å². The molecule has 0 heterocycles. The van der Waals surface area contributed by atoms with Crippen molar-refractivity contribution in [1.29, 1.82) is 0 Å². The first kappa shape index (κ1) is 7.64. The van der Waals surface area contributed by atoms with Crippen LogP contribution in [0.25, 0.3) is 0 Å². The fourth-order valence-corrected chi connectivity index (χ4v) is 0.175. The molecule has 0 aliphatic heterocycles.